The molecule has 0 unspecified atom stereocenters. The fourth-order valence-electron chi connectivity index (χ4n) is 4.12. The lowest BCUT2D eigenvalue weighted by Crippen LogP contribution is -2.45. The SMILES string of the molecule is CN1C[C@H](c2ccccc2)[C@@H]2[C@H]1c1ccccc1N(C)S2(=O)=O. The van der Waals surface area contributed by atoms with Gasteiger partial charge in [0.25, 0.3) is 0 Å². The average Bonchev–Trinajstić information content (AvgIpc) is 2.92. The summed E-state index contributed by atoms with van der Waals surface area (Å²) in [4.78, 5) is 2.19. The lowest BCUT2D eigenvalue weighted by atomic mass is 9.92. The van der Waals surface area contributed by atoms with E-state index in [0.717, 1.165) is 23.4 Å². The molecule has 3 atom stereocenters. The standard InChI is InChI=1S/C18H20N2O2S/c1-19-12-15(13-8-4-3-5-9-13)18-17(19)14-10-6-7-11-16(14)20(2)23(18,21)22/h3-11,15,17-18H,12H2,1-2H3/t15-,17-,18-/m1/s1. The van der Waals surface area contributed by atoms with Gasteiger partial charge < -0.3 is 0 Å². The van der Waals surface area contributed by atoms with E-state index in [0.29, 0.717) is 0 Å². The van der Waals surface area contributed by atoms with Crippen LogP contribution in [0.25, 0.3) is 0 Å². The maximum absolute atomic E-state index is 13.2. The number of rotatable bonds is 1. The maximum atomic E-state index is 13.2. The molecule has 5 heteroatoms. The van der Waals surface area contributed by atoms with Crippen molar-refractivity contribution in [3.8, 4) is 0 Å². The average molecular weight is 328 g/mol. The summed E-state index contributed by atoms with van der Waals surface area (Å²) in [5.74, 6) is -0.00740. The van der Waals surface area contributed by atoms with Crippen molar-refractivity contribution in [3.05, 3.63) is 65.7 Å². The van der Waals surface area contributed by atoms with Gasteiger partial charge in [0.15, 0.2) is 0 Å². The van der Waals surface area contributed by atoms with Crippen LogP contribution in [0.4, 0.5) is 5.69 Å². The van der Waals surface area contributed by atoms with Crippen molar-refractivity contribution in [1.29, 1.82) is 0 Å². The third-order valence-electron chi connectivity index (χ3n) is 5.22. The summed E-state index contributed by atoms with van der Waals surface area (Å²) in [7, 11) is 0.306. The van der Waals surface area contributed by atoms with Crippen molar-refractivity contribution in [3.63, 3.8) is 0 Å². The van der Waals surface area contributed by atoms with Gasteiger partial charge in [0.05, 0.1) is 11.7 Å². The van der Waals surface area contributed by atoms with E-state index in [-0.39, 0.29) is 12.0 Å². The summed E-state index contributed by atoms with van der Waals surface area (Å²) >= 11 is 0. The van der Waals surface area contributed by atoms with E-state index in [2.05, 4.69) is 11.0 Å². The Hall–Kier alpha value is -1.85. The molecule has 0 bridgehead atoms. The van der Waals surface area contributed by atoms with E-state index in [1.165, 1.54) is 4.31 Å². The van der Waals surface area contributed by atoms with Crippen molar-refractivity contribution in [2.45, 2.75) is 17.2 Å². The molecular weight excluding hydrogens is 308 g/mol. The molecule has 2 aliphatic rings. The predicted molar refractivity (Wildman–Crippen MR) is 92.1 cm³/mol. The Morgan fingerprint density at radius 2 is 1.61 bits per heavy atom. The predicted octanol–water partition coefficient (Wildman–Crippen LogP) is 2.61. The molecular formula is C18H20N2O2S. The number of likely N-dealkylation sites (N-methyl/N-ethyl adjacent to an activating group) is 1. The first kappa shape index (κ1) is 14.7. The Kier molecular flexibility index (Phi) is 3.25. The molecule has 1 saturated heterocycles. The Morgan fingerprint density at radius 3 is 2.35 bits per heavy atom. The third-order valence-corrected chi connectivity index (χ3v) is 7.45. The Bertz CT molecular complexity index is 835. The van der Waals surface area contributed by atoms with Crippen LogP contribution < -0.4 is 4.31 Å². The van der Waals surface area contributed by atoms with Crippen LogP contribution in [0.2, 0.25) is 0 Å². The third kappa shape index (κ3) is 2.03. The number of benzene rings is 2. The molecule has 0 spiro atoms. The molecule has 2 aromatic rings. The van der Waals surface area contributed by atoms with Gasteiger partial charge in [-0.2, -0.15) is 0 Å². The molecule has 2 heterocycles. The van der Waals surface area contributed by atoms with E-state index < -0.39 is 15.3 Å². The maximum Gasteiger partial charge on any atom is 0.240 e. The van der Waals surface area contributed by atoms with Crippen LogP contribution in [0, 0.1) is 0 Å². The fourth-order valence-corrected chi connectivity index (χ4v) is 6.27. The molecule has 2 aliphatic heterocycles. The second-order valence-corrected chi connectivity index (χ2v) is 8.56. The highest BCUT2D eigenvalue weighted by atomic mass is 32.2. The number of hydrogen-bond acceptors (Lipinski definition) is 3. The minimum atomic E-state index is -3.39. The lowest BCUT2D eigenvalue weighted by molar-refractivity contribution is 0.315. The van der Waals surface area contributed by atoms with Crippen molar-refractivity contribution < 1.29 is 8.42 Å². The van der Waals surface area contributed by atoms with E-state index in [1.807, 2.05) is 55.6 Å². The number of anilines is 1. The number of hydrogen-bond donors (Lipinski definition) is 0. The number of nitrogens with zero attached hydrogens (tertiary/aromatic N) is 2. The van der Waals surface area contributed by atoms with Gasteiger partial charge in [-0.15, -0.1) is 0 Å². The molecule has 0 N–H and O–H groups in total. The molecule has 0 aromatic heterocycles. The minimum Gasteiger partial charge on any atom is -0.297 e. The fraction of sp³-hybridized carbons (Fsp3) is 0.333. The normalized spacial score (nSPS) is 29.1. The monoisotopic (exact) mass is 328 g/mol. The van der Waals surface area contributed by atoms with Gasteiger partial charge in [0.2, 0.25) is 10.0 Å². The minimum absolute atomic E-state index is 0.00740. The lowest BCUT2D eigenvalue weighted by Gasteiger charge is -2.38. The molecule has 0 aliphatic carbocycles. The van der Waals surface area contributed by atoms with Crippen LogP contribution in [0.5, 0.6) is 0 Å². The Balaban J connectivity index is 1.91. The summed E-state index contributed by atoms with van der Waals surface area (Å²) in [5.41, 5.74) is 3.01. The number of fused-ring (bicyclic) bond motifs is 3. The summed E-state index contributed by atoms with van der Waals surface area (Å²) in [6, 6.07) is 17.8. The zero-order chi connectivity index (χ0) is 16.2. The molecule has 4 nitrogen and oxygen atoms in total. The molecule has 120 valence electrons. The second kappa shape index (κ2) is 5.08. The van der Waals surface area contributed by atoms with Gasteiger partial charge >= 0.3 is 0 Å². The van der Waals surface area contributed by atoms with E-state index >= 15 is 0 Å². The molecule has 0 amide bonds. The van der Waals surface area contributed by atoms with Gasteiger partial charge in [0.1, 0.15) is 5.25 Å². The Labute approximate surface area is 137 Å². The highest BCUT2D eigenvalue weighted by Gasteiger charge is 2.53. The highest BCUT2D eigenvalue weighted by Crippen LogP contribution is 2.50. The Morgan fingerprint density at radius 1 is 0.957 bits per heavy atom. The van der Waals surface area contributed by atoms with Crippen LogP contribution in [-0.4, -0.2) is 39.2 Å². The zero-order valence-electron chi connectivity index (χ0n) is 13.3. The smallest absolute Gasteiger partial charge is 0.240 e. The van der Waals surface area contributed by atoms with Crippen LogP contribution in [-0.2, 0) is 10.0 Å². The van der Waals surface area contributed by atoms with Crippen LogP contribution in [0.1, 0.15) is 23.1 Å². The summed E-state index contributed by atoms with van der Waals surface area (Å²) in [5, 5.41) is -0.435. The number of likely N-dealkylation sites (tertiary alicyclic amines) is 1. The van der Waals surface area contributed by atoms with E-state index in [1.54, 1.807) is 7.05 Å². The molecule has 0 radical (unpaired) electrons. The number of para-hydroxylation sites is 1. The molecule has 1 fully saturated rings. The molecule has 0 saturated carbocycles. The second-order valence-electron chi connectivity index (χ2n) is 6.44. The summed E-state index contributed by atoms with van der Waals surface area (Å²) in [6.07, 6.45) is 0. The van der Waals surface area contributed by atoms with Crippen molar-refractivity contribution in [2.24, 2.45) is 0 Å². The zero-order valence-corrected chi connectivity index (χ0v) is 14.1. The van der Waals surface area contributed by atoms with Gasteiger partial charge in [-0.05, 0) is 24.2 Å². The van der Waals surface area contributed by atoms with Crippen molar-refractivity contribution >= 4 is 15.7 Å². The van der Waals surface area contributed by atoms with Gasteiger partial charge in [-0.1, -0.05) is 48.5 Å². The van der Waals surface area contributed by atoms with Gasteiger partial charge in [-0.3, -0.25) is 9.21 Å². The number of sulfonamides is 1. The van der Waals surface area contributed by atoms with E-state index in [4.69, 9.17) is 0 Å². The highest BCUT2D eigenvalue weighted by molar-refractivity contribution is 7.93. The van der Waals surface area contributed by atoms with E-state index in [9.17, 15) is 8.42 Å². The quantitative estimate of drug-likeness (QED) is 0.808. The van der Waals surface area contributed by atoms with Gasteiger partial charge in [-0.25, -0.2) is 8.42 Å². The topological polar surface area (TPSA) is 40.6 Å². The molecule has 2 aromatic carbocycles. The first-order valence-electron chi connectivity index (χ1n) is 7.83. The summed E-state index contributed by atoms with van der Waals surface area (Å²) in [6.45, 7) is 0.751. The van der Waals surface area contributed by atoms with Crippen molar-refractivity contribution in [1.82, 2.24) is 4.90 Å². The summed E-state index contributed by atoms with van der Waals surface area (Å²) < 4.78 is 27.8. The van der Waals surface area contributed by atoms with Crippen LogP contribution >= 0.6 is 0 Å². The van der Waals surface area contributed by atoms with Crippen LogP contribution in [0.3, 0.4) is 0 Å². The first-order chi connectivity index (χ1) is 11.0. The molecule has 4 rings (SSSR count). The van der Waals surface area contributed by atoms with Gasteiger partial charge in [0, 0.05) is 19.5 Å². The first-order valence-corrected chi connectivity index (χ1v) is 9.34. The largest absolute Gasteiger partial charge is 0.297 e. The van der Waals surface area contributed by atoms with Crippen molar-refractivity contribution in [2.75, 3.05) is 24.9 Å². The van der Waals surface area contributed by atoms with Crippen LogP contribution in [0.15, 0.2) is 54.6 Å². The molecule has 23 heavy (non-hydrogen) atoms.